The van der Waals surface area contributed by atoms with Crippen LogP contribution in [-0.2, 0) is 9.59 Å². The first-order chi connectivity index (χ1) is 8.11. The maximum atomic E-state index is 11.8. The Morgan fingerprint density at radius 3 is 2.65 bits per heavy atom. The molecule has 1 aliphatic rings. The molecule has 1 fully saturated rings. The van der Waals surface area contributed by atoms with Crippen molar-refractivity contribution < 1.29 is 14.7 Å². The van der Waals surface area contributed by atoms with Crippen LogP contribution in [0.2, 0.25) is 0 Å². The van der Waals surface area contributed by atoms with Crippen LogP contribution in [0, 0.1) is 17.8 Å². The van der Waals surface area contributed by atoms with E-state index in [1.54, 1.807) is 0 Å². The van der Waals surface area contributed by atoms with Crippen LogP contribution in [0.4, 0.5) is 0 Å². The van der Waals surface area contributed by atoms with Gasteiger partial charge in [0.25, 0.3) is 0 Å². The molecule has 0 amide bonds. The molecule has 0 saturated heterocycles. The molecule has 0 heterocycles. The van der Waals surface area contributed by atoms with Gasteiger partial charge in [0.2, 0.25) is 0 Å². The molecule has 1 N–H and O–H groups in total. The fraction of sp³-hybridized carbons (Fsp3) is 0.857. The molecule has 3 unspecified atom stereocenters. The van der Waals surface area contributed by atoms with Crippen molar-refractivity contribution in [2.75, 3.05) is 0 Å². The second-order valence-electron chi connectivity index (χ2n) is 5.12. The van der Waals surface area contributed by atoms with Gasteiger partial charge in [-0.3, -0.25) is 9.59 Å². The van der Waals surface area contributed by atoms with Crippen molar-refractivity contribution in [3.8, 4) is 0 Å². The van der Waals surface area contributed by atoms with Gasteiger partial charge in [-0.25, -0.2) is 0 Å². The quantitative estimate of drug-likeness (QED) is 0.695. The molecule has 3 heteroatoms. The van der Waals surface area contributed by atoms with Crippen molar-refractivity contribution in [1.82, 2.24) is 0 Å². The minimum absolute atomic E-state index is 0.0163. The highest BCUT2D eigenvalue weighted by atomic mass is 16.4. The van der Waals surface area contributed by atoms with E-state index in [2.05, 4.69) is 6.92 Å². The van der Waals surface area contributed by atoms with Crippen molar-refractivity contribution >= 4 is 11.8 Å². The summed E-state index contributed by atoms with van der Waals surface area (Å²) in [6.45, 7) is 4.05. The molecular formula is C14H24O3. The van der Waals surface area contributed by atoms with Gasteiger partial charge in [0.1, 0.15) is 5.78 Å². The highest BCUT2D eigenvalue weighted by Gasteiger charge is 2.40. The average molecular weight is 240 g/mol. The Balaban J connectivity index is 2.62. The van der Waals surface area contributed by atoms with Gasteiger partial charge in [0, 0.05) is 12.3 Å². The number of unbranched alkanes of at least 4 members (excludes halogenated alkanes) is 2. The van der Waals surface area contributed by atoms with Crippen molar-refractivity contribution in [1.29, 1.82) is 0 Å². The zero-order chi connectivity index (χ0) is 12.8. The Bertz CT molecular complexity index is 273. The summed E-state index contributed by atoms with van der Waals surface area (Å²) in [5, 5.41) is 9.20. The van der Waals surface area contributed by atoms with E-state index in [0.717, 1.165) is 32.1 Å². The second kappa shape index (κ2) is 6.77. The average Bonchev–Trinajstić information content (AvgIpc) is 2.62. The van der Waals surface area contributed by atoms with E-state index < -0.39 is 5.97 Å². The van der Waals surface area contributed by atoms with E-state index in [4.69, 9.17) is 0 Å². The number of hydrogen-bond donors (Lipinski definition) is 1. The predicted octanol–water partition coefficient (Wildman–Crippen LogP) is 3.27. The number of Topliss-reactive ketones (excluding diaryl/α,β-unsaturated/α-hetero) is 1. The van der Waals surface area contributed by atoms with Gasteiger partial charge in [-0.05, 0) is 25.2 Å². The first kappa shape index (κ1) is 14.2. The third-order valence-corrected chi connectivity index (χ3v) is 4.05. The van der Waals surface area contributed by atoms with Gasteiger partial charge in [-0.2, -0.15) is 0 Å². The Morgan fingerprint density at radius 1 is 1.41 bits per heavy atom. The molecule has 0 aromatic rings. The first-order valence-corrected chi connectivity index (χ1v) is 6.87. The lowest BCUT2D eigenvalue weighted by Crippen LogP contribution is -2.28. The zero-order valence-electron chi connectivity index (χ0n) is 10.9. The molecular weight excluding hydrogens is 216 g/mol. The van der Waals surface area contributed by atoms with Crippen molar-refractivity contribution in [3.05, 3.63) is 0 Å². The lowest BCUT2D eigenvalue weighted by molar-refractivity contribution is -0.144. The Hall–Kier alpha value is -0.860. The lowest BCUT2D eigenvalue weighted by atomic mass is 9.80. The number of carboxylic acids is 1. The number of ketones is 1. The van der Waals surface area contributed by atoms with E-state index in [1.807, 2.05) is 6.92 Å². The Labute approximate surface area is 104 Å². The summed E-state index contributed by atoms with van der Waals surface area (Å²) in [5.41, 5.74) is 0. The van der Waals surface area contributed by atoms with E-state index in [9.17, 15) is 14.7 Å². The van der Waals surface area contributed by atoms with Crippen LogP contribution in [0.25, 0.3) is 0 Å². The van der Waals surface area contributed by atoms with Crippen LogP contribution in [0.5, 0.6) is 0 Å². The molecule has 98 valence electrons. The fourth-order valence-electron chi connectivity index (χ4n) is 3.07. The van der Waals surface area contributed by atoms with E-state index in [1.165, 1.54) is 0 Å². The van der Waals surface area contributed by atoms with Gasteiger partial charge in [-0.1, -0.05) is 33.1 Å². The normalized spacial score (nSPS) is 26.1. The highest BCUT2D eigenvalue weighted by Crippen LogP contribution is 2.39. The first-order valence-electron chi connectivity index (χ1n) is 6.87. The van der Waals surface area contributed by atoms with Crippen LogP contribution < -0.4 is 0 Å². The smallest absolute Gasteiger partial charge is 0.306 e. The van der Waals surface area contributed by atoms with Crippen molar-refractivity contribution in [2.24, 2.45) is 17.8 Å². The lowest BCUT2D eigenvalue weighted by Gasteiger charge is -2.23. The summed E-state index contributed by atoms with van der Waals surface area (Å²) in [7, 11) is 0. The molecule has 1 saturated carbocycles. The maximum Gasteiger partial charge on any atom is 0.306 e. The molecule has 0 spiro atoms. The van der Waals surface area contributed by atoms with Gasteiger partial charge >= 0.3 is 5.97 Å². The van der Waals surface area contributed by atoms with Crippen molar-refractivity contribution in [3.63, 3.8) is 0 Å². The number of hydrogen-bond acceptors (Lipinski definition) is 2. The number of rotatable bonds is 7. The minimum Gasteiger partial charge on any atom is -0.481 e. The molecule has 0 aliphatic heterocycles. The number of carbonyl (C=O) groups is 2. The highest BCUT2D eigenvalue weighted by molar-refractivity contribution is 5.84. The van der Waals surface area contributed by atoms with Gasteiger partial charge in [0.05, 0.1) is 5.92 Å². The van der Waals surface area contributed by atoms with Crippen LogP contribution in [0.3, 0.4) is 0 Å². The summed E-state index contributed by atoms with van der Waals surface area (Å²) >= 11 is 0. The molecule has 17 heavy (non-hydrogen) atoms. The van der Waals surface area contributed by atoms with Crippen molar-refractivity contribution in [2.45, 2.75) is 58.8 Å². The summed E-state index contributed by atoms with van der Waals surface area (Å²) in [5.74, 6) is -0.656. The third kappa shape index (κ3) is 3.55. The second-order valence-corrected chi connectivity index (χ2v) is 5.12. The maximum absolute atomic E-state index is 11.8. The summed E-state index contributed by atoms with van der Waals surface area (Å²) in [4.78, 5) is 23.0. The van der Waals surface area contributed by atoms with Gasteiger partial charge in [-0.15, -0.1) is 0 Å². The summed E-state index contributed by atoms with van der Waals surface area (Å²) in [6, 6.07) is 0. The Morgan fingerprint density at radius 2 is 2.12 bits per heavy atom. The van der Waals surface area contributed by atoms with E-state index in [-0.39, 0.29) is 17.8 Å². The van der Waals surface area contributed by atoms with E-state index in [0.29, 0.717) is 18.6 Å². The van der Waals surface area contributed by atoms with Crippen LogP contribution in [0.15, 0.2) is 0 Å². The minimum atomic E-state index is -0.729. The standard InChI is InChI=1S/C14H24O3/c1-3-5-6-7-12-11(8-9-13(12)15)10(4-2)14(16)17/h10-12H,3-9H2,1-2H3,(H,16,17). The van der Waals surface area contributed by atoms with Gasteiger partial charge in [0.15, 0.2) is 0 Å². The topological polar surface area (TPSA) is 54.4 Å². The summed E-state index contributed by atoms with van der Waals surface area (Å²) in [6.07, 6.45) is 6.23. The number of carboxylic acid groups (broad SMARTS) is 1. The molecule has 0 radical (unpaired) electrons. The molecule has 0 aromatic carbocycles. The summed E-state index contributed by atoms with van der Waals surface area (Å²) < 4.78 is 0. The van der Waals surface area contributed by atoms with Gasteiger partial charge < -0.3 is 5.11 Å². The predicted molar refractivity (Wildman–Crippen MR) is 66.8 cm³/mol. The molecule has 3 nitrogen and oxygen atoms in total. The fourth-order valence-corrected chi connectivity index (χ4v) is 3.07. The van der Waals surface area contributed by atoms with Crippen LogP contribution >= 0.6 is 0 Å². The van der Waals surface area contributed by atoms with E-state index >= 15 is 0 Å². The molecule has 1 rings (SSSR count). The largest absolute Gasteiger partial charge is 0.481 e. The Kier molecular flexibility index (Phi) is 5.66. The molecule has 1 aliphatic carbocycles. The monoisotopic (exact) mass is 240 g/mol. The molecule has 3 atom stereocenters. The van der Waals surface area contributed by atoms with Crippen LogP contribution in [-0.4, -0.2) is 16.9 Å². The van der Waals surface area contributed by atoms with Crippen LogP contribution in [0.1, 0.15) is 58.8 Å². The zero-order valence-corrected chi connectivity index (χ0v) is 10.9. The number of aliphatic carboxylic acids is 1. The third-order valence-electron chi connectivity index (χ3n) is 4.05. The molecule has 0 aromatic heterocycles. The SMILES string of the molecule is CCCCCC1C(=O)CCC1C(CC)C(=O)O. The number of carbonyl (C=O) groups excluding carboxylic acids is 1. The molecule has 0 bridgehead atoms.